The van der Waals surface area contributed by atoms with Crippen molar-refractivity contribution in [2.45, 2.75) is 18.9 Å². The van der Waals surface area contributed by atoms with Crippen molar-refractivity contribution in [2.24, 2.45) is 0 Å². The van der Waals surface area contributed by atoms with Gasteiger partial charge in [-0.05, 0) is 12.5 Å². The first-order valence-electron chi connectivity index (χ1n) is 6.47. The first-order chi connectivity index (χ1) is 10.1. The summed E-state index contributed by atoms with van der Waals surface area (Å²) in [5.41, 5.74) is -0.981. The zero-order valence-corrected chi connectivity index (χ0v) is 12.1. The van der Waals surface area contributed by atoms with Gasteiger partial charge in [0.2, 0.25) is 5.60 Å². The third-order valence-corrected chi connectivity index (χ3v) is 2.86. The third kappa shape index (κ3) is 4.07. The lowest BCUT2D eigenvalue weighted by atomic mass is 9.90. The van der Waals surface area contributed by atoms with E-state index < -0.39 is 24.1 Å². The zero-order chi connectivity index (χ0) is 15.7. The predicted molar refractivity (Wildman–Crippen MR) is 76.2 cm³/mol. The minimum Gasteiger partial charge on any atom is -0.467 e. The fraction of sp³-hybridized carbons (Fsp3) is 0.375. The number of ether oxygens (including phenoxy) is 3. The Morgan fingerprint density at radius 3 is 2.48 bits per heavy atom. The monoisotopic (exact) mass is 290 g/mol. The smallest absolute Gasteiger partial charge is 0.344 e. The summed E-state index contributed by atoms with van der Waals surface area (Å²) in [6.45, 7) is 1.47. The number of carbonyl (C=O) groups is 2. The van der Waals surface area contributed by atoms with Crippen molar-refractivity contribution in [3.05, 3.63) is 35.9 Å². The highest BCUT2D eigenvalue weighted by Crippen LogP contribution is 2.31. The van der Waals surface area contributed by atoms with Gasteiger partial charge in [-0.25, -0.2) is 9.59 Å². The van der Waals surface area contributed by atoms with Crippen molar-refractivity contribution in [2.75, 3.05) is 20.3 Å². The highest BCUT2D eigenvalue weighted by molar-refractivity contribution is 5.82. The molecule has 112 valence electrons. The summed E-state index contributed by atoms with van der Waals surface area (Å²) in [5, 5.41) is 0. The lowest BCUT2D eigenvalue weighted by molar-refractivity contribution is -0.178. The molecule has 0 aliphatic carbocycles. The summed E-state index contributed by atoms with van der Waals surface area (Å²) < 4.78 is 15.1. The molecule has 0 aliphatic heterocycles. The summed E-state index contributed by atoms with van der Waals surface area (Å²) in [4.78, 5) is 23.7. The molecule has 0 heterocycles. The van der Waals surface area contributed by atoms with Crippen LogP contribution in [0.1, 0.15) is 18.9 Å². The average Bonchev–Trinajstić information content (AvgIpc) is 2.52. The number of hydrogen-bond acceptors (Lipinski definition) is 5. The van der Waals surface area contributed by atoms with Crippen molar-refractivity contribution in [3.8, 4) is 12.3 Å². The molecule has 5 heteroatoms. The molecule has 0 saturated heterocycles. The van der Waals surface area contributed by atoms with E-state index in [9.17, 15) is 9.59 Å². The third-order valence-electron chi connectivity index (χ3n) is 2.86. The number of esters is 2. The van der Waals surface area contributed by atoms with Crippen LogP contribution < -0.4 is 0 Å². The first-order valence-corrected chi connectivity index (χ1v) is 6.47. The average molecular weight is 290 g/mol. The van der Waals surface area contributed by atoms with Gasteiger partial charge in [0.05, 0.1) is 20.1 Å². The molecule has 0 unspecified atom stereocenters. The molecule has 0 aliphatic rings. The maximum absolute atomic E-state index is 12.4. The van der Waals surface area contributed by atoms with Crippen LogP contribution in [0, 0.1) is 12.3 Å². The number of terminal acetylenes is 1. The van der Waals surface area contributed by atoms with E-state index in [4.69, 9.17) is 15.9 Å². The molecule has 0 N–H and O–H groups in total. The Kier molecular flexibility index (Phi) is 6.44. The SMILES string of the molecule is C#CC[C@](OCC(=O)OC)(C(=O)OCC)c1ccccc1. The van der Waals surface area contributed by atoms with Crippen LogP contribution in [0.3, 0.4) is 0 Å². The second kappa shape index (κ2) is 8.08. The Hall–Kier alpha value is -2.32. The van der Waals surface area contributed by atoms with Crippen molar-refractivity contribution in [3.63, 3.8) is 0 Å². The molecule has 0 spiro atoms. The maximum Gasteiger partial charge on any atom is 0.344 e. The molecule has 0 saturated carbocycles. The summed E-state index contributed by atoms with van der Waals surface area (Å²) in [6.07, 6.45) is 5.32. The lowest BCUT2D eigenvalue weighted by Crippen LogP contribution is -2.41. The highest BCUT2D eigenvalue weighted by atomic mass is 16.6. The second-order valence-electron chi connectivity index (χ2n) is 4.16. The summed E-state index contributed by atoms with van der Waals surface area (Å²) in [6, 6.07) is 8.70. The van der Waals surface area contributed by atoms with Gasteiger partial charge in [-0.2, -0.15) is 0 Å². The van der Waals surface area contributed by atoms with E-state index in [1.54, 1.807) is 37.3 Å². The number of rotatable bonds is 7. The molecule has 1 rings (SSSR count). The first kappa shape index (κ1) is 16.7. The van der Waals surface area contributed by atoms with Crippen LogP contribution in [0.15, 0.2) is 30.3 Å². The van der Waals surface area contributed by atoms with E-state index in [1.165, 1.54) is 7.11 Å². The van der Waals surface area contributed by atoms with Gasteiger partial charge in [-0.3, -0.25) is 0 Å². The van der Waals surface area contributed by atoms with Crippen LogP contribution in [0.5, 0.6) is 0 Å². The summed E-state index contributed by atoms with van der Waals surface area (Å²) in [7, 11) is 1.24. The fourth-order valence-corrected chi connectivity index (χ4v) is 1.83. The Bertz CT molecular complexity index is 517. The van der Waals surface area contributed by atoms with Crippen LogP contribution in [0.2, 0.25) is 0 Å². The fourth-order valence-electron chi connectivity index (χ4n) is 1.83. The zero-order valence-electron chi connectivity index (χ0n) is 12.1. The Morgan fingerprint density at radius 1 is 1.29 bits per heavy atom. The van der Waals surface area contributed by atoms with Crippen LogP contribution in [-0.4, -0.2) is 32.3 Å². The Balaban J connectivity index is 3.19. The van der Waals surface area contributed by atoms with Gasteiger partial charge in [-0.15, -0.1) is 12.3 Å². The van der Waals surface area contributed by atoms with Crippen LogP contribution in [0.25, 0.3) is 0 Å². The molecule has 0 bridgehead atoms. The molecule has 0 fully saturated rings. The van der Waals surface area contributed by atoms with E-state index in [0.29, 0.717) is 5.56 Å². The number of carbonyl (C=O) groups excluding carboxylic acids is 2. The molecular weight excluding hydrogens is 272 g/mol. The van der Waals surface area contributed by atoms with Gasteiger partial charge < -0.3 is 14.2 Å². The van der Waals surface area contributed by atoms with Crippen LogP contribution in [-0.2, 0) is 29.4 Å². The van der Waals surface area contributed by atoms with Crippen molar-refractivity contribution in [1.29, 1.82) is 0 Å². The van der Waals surface area contributed by atoms with Gasteiger partial charge in [-0.1, -0.05) is 30.3 Å². The van der Waals surface area contributed by atoms with Gasteiger partial charge in [0.25, 0.3) is 0 Å². The maximum atomic E-state index is 12.4. The van der Waals surface area contributed by atoms with Gasteiger partial charge in [0.1, 0.15) is 6.61 Å². The second-order valence-corrected chi connectivity index (χ2v) is 4.16. The topological polar surface area (TPSA) is 61.8 Å². The molecule has 5 nitrogen and oxygen atoms in total. The standard InChI is InChI=1S/C16H18O5/c1-4-11-16(15(18)20-5-2,21-12-14(17)19-3)13-9-7-6-8-10-13/h1,6-10H,5,11-12H2,2-3H3/t16-/m1/s1. The molecule has 1 aromatic carbocycles. The van der Waals surface area contributed by atoms with Crippen LogP contribution in [0.4, 0.5) is 0 Å². The largest absolute Gasteiger partial charge is 0.467 e. The number of methoxy groups -OCH3 is 1. The van der Waals surface area contributed by atoms with E-state index in [-0.39, 0.29) is 13.0 Å². The quantitative estimate of drug-likeness (QED) is 0.564. The van der Waals surface area contributed by atoms with Crippen molar-refractivity contribution < 1.29 is 23.8 Å². The lowest BCUT2D eigenvalue weighted by Gasteiger charge is -2.29. The number of benzene rings is 1. The Morgan fingerprint density at radius 2 is 1.95 bits per heavy atom. The van der Waals surface area contributed by atoms with Crippen molar-refractivity contribution >= 4 is 11.9 Å². The molecule has 1 atom stereocenters. The van der Waals surface area contributed by atoms with E-state index >= 15 is 0 Å². The van der Waals surface area contributed by atoms with Gasteiger partial charge in [0, 0.05) is 0 Å². The molecule has 21 heavy (non-hydrogen) atoms. The summed E-state index contributed by atoms with van der Waals surface area (Å²) in [5.74, 6) is 1.18. The molecule has 0 radical (unpaired) electrons. The summed E-state index contributed by atoms with van der Waals surface area (Å²) >= 11 is 0. The Labute approximate surface area is 124 Å². The van der Waals surface area contributed by atoms with Gasteiger partial charge >= 0.3 is 11.9 Å². The number of hydrogen-bond donors (Lipinski definition) is 0. The van der Waals surface area contributed by atoms with Gasteiger partial charge in [0.15, 0.2) is 0 Å². The molecule has 1 aromatic rings. The highest BCUT2D eigenvalue weighted by Gasteiger charge is 2.43. The van der Waals surface area contributed by atoms with E-state index in [0.717, 1.165) is 0 Å². The van der Waals surface area contributed by atoms with Crippen LogP contribution >= 0.6 is 0 Å². The van der Waals surface area contributed by atoms with Crippen molar-refractivity contribution in [1.82, 2.24) is 0 Å². The minimum atomic E-state index is -1.51. The molecular formula is C16H18O5. The van der Waals surface area contributed by atoms with E-state index in [2.05, 4.69) is 10.7 Å². The molecule has 0 amide bonds. The van der Waals surface area contributed by atoms with E-state index in [1.807, 2.05) is 0 Å². The predicted octanol–water partition coefficient (Wildman–Crippen LogP) is 1.66. The normalized spacial score (nSPS) is 12.8. The molecule has 0 aromatic heterocycles. The minimum absolute atomic E-state index is 0.0488.